The minimum atomic E-state index is -1.10. The number of carboxylic acid groups (broad SMARTS) is 1. The van der Waals surface area contributed by atoms with Crippen molar-refractivity contribution in [3.63, 3.8) is 0 Å². The van der Waals surface area contributed by atoms with E-state index in [0.29, 0.717) is 23.8 Å². The van der Waals surface area contributed by atoms with Gasteiger partial charge in [0.2, 0.25) is 11.8 Å². The van der Waals surface area contributed by atoms with Crippen molar-refractivity contribution < 1.29 is 24.2 Å². The summed E-state index contributed by atoms with van der Waals surface area (Å²) in [7, 11) is 0. The first-order valence-corrected chi connectivity index (χ1v) is 13.5. The van der Waals surface area contributed by atoms with E-state index in [1.54, 1.807) is 36.5 Å². The maximum Gasteiger partial charge on any atom is 0.337 e. The summed E-state index contributed by atoms with van der Waals surface area (Å²) in [6, 6.07) is 21.5. The molecule has 0 saturated carbocycles. The van der Waals surface area contributed by atoms with E-state index < -0.39 is 5.97 Å². The van der Waals surface area contributed by atoms with Gasteiger partial charge in [0.05, 0.1) is 17.7 Å². The Morgan fingerprint density at radius 3 is 2.34 bits per heavy atom. The van der Waals surface area contributed by atoms with Gasteiger partial charge in [-0.3, -0.25) is 4.79 Å². The molecule has 1 heterocycles. The zero-order chi connectivity index (χ0) is 29.2. The zero-order valence-electron chi connectivity index (χ0n) is 23.5. The molecule has 4 aromatic rings. The Balaban J connectivity index is 1.31. The zero-order valence-corrected chi connectivity index (χ0v) is 23.5. The van der Waals surface area contributed by atoms with Gasteiger partial charge >= 0.3 is 5.97 Å². The van der Waals surface area contributed by atoms with Crippen LogP contribution in [0.3, 0.4) is 0 Å². The molecule has 1 amide bonds. The molecule has 0 bridgehead atoms. The average Bonchev–Trinajstić information content (AvgIpc) is 2.94. The molecular weight excluding hydrogens is 516 g/mol. The van der Waals surface area contributed by atoms with Gasteiger partial charge in [-0.15, -0.1) is 0 Å². The topological polar surface area (TPSA) is 97.8 Å². The fraction of sp³-hybridized carbons (Fsp3) is 0.206. The van der Waals surface area contributed by atoms with Crippen molar-refractivity contribution in [1.82, 2.24) is 4.98 Å². The van der Waals surface area contributed by atoms with Gasteiger partial charge in [0.25, 0.3) is 0 Å². The van der Waals surface area contributed by atoms with E-state index in [-0.39, 0.29) is 23.6 Å². The van der Waals surface area contributed by atoms with Crippen molar-refractivity contribution in [2.45, 2.75) is 40.0 Å². The fourth-order valence-corrected chi connectivity index (χ4v) is 4.18. The smallest absolute Gasteiger partial charge is 0.337 e. The van der Waals surface area contributed by atoms with Crippen LogP contribution in [0.2, 0.25) is 0 Å². The number of hydrogen-bond donors (Lipinski definition) is 2. The van der Waals surface area contributed by atoms with Crippen LogP contribution in [-0.2, 0) is 11.2 Å². The molecule has 7 heteroatoms. The summed E-state index contributed by atoms with van der Waals surface area (Å²) in [5, 5.41) is 14.0. The Morgan fingerprint density at radius 2 is 1.63 bits per heavy atom. The number of para-hydroxylation sites is 1. The third-order valence-electron chi connectivity index (χ3n) is 6.37. The third kappa shape index (κ3) is 8.80. The van der Waals surface area contributed by atoms with E-state index in [1.165, 1.54) is 17.2 Å². The highest BCUT2D eigenvalue weighted by atomic mass is 16.5. The van der Waals surface area contributed by atoms with Crippen LogP contribution in [0, 0.1) is 0 Å². The Morgan fingerprint density at radius 1 is 0.902 bits per heavy atom. The molecule has 4 rings (SSSR count). The van der Waals surface area contributed by atoms with Crippen LogP contribution in [0.1, 0.15) is 49.5 Å². The number of allylic oxidation sites excluding steroid dienone is 3. The number of carbonyl (C=O) groups excluding carboxylic acids is 1. The number of nitrogens with zero attached hydrogens (tertiary/aromatic N) is 1. The number of nitrogens with one attached hydrogen (secondary N) is 1. The van der Waals surface area contributed by atoms with Gasteiger partial charge in [0.1, 0.15) is 18.1 Å². The monoisotopic (exact) mass is 550 g/mol. The minimum Gasteiger partial charge on any atom is -0.490 e. The molecule has 0 aliphatic carbocycles. The number of aromatic nitrogens is 1. The highest BCUT2D eigenvalue weighted by Crippen LogP contribution is 2.27. The first-order valence-electron chi connectivity index (χ1n) is 13.5. The van der Waals surface area contributed by atoms with Gasteiger partial charge in [0, 0.05) is 12.3 Å². The van der Waals surface area contributed by atoms with Crippen LogP contribution in [0.15, 0.2) is 102 Å². The van der Waals surface area contributed by atoms with Gasteiger partial charge in [-0.2, -0.15) is 0 Å². The standard InChI is InChI=1S/C34H34N2O5/c1-23(2)7-6-8-24(3)17-18-40-28-14-12-27-21-29(15-13-26(27)20-28)41-33-16-11-25(22-35-33)19-32(37)36-31-10-5-4-9-30(31)34(38)39/h4-5,7,9-17,20-22H,6,8,18-19H2,1-3H3,(H,36,37)(H,38,39)/b24-17+. The number of fused-ring (bicyclic) bond motifs is 1. The number of amides is 1. The van der Waals surface area contributed by atoms with Crippen LogP contribution in [0.4, 0.5) is 5.69 Å². The largest absolute Gasteiger partial charge is 0.490 e. The predicted molar refractivity (Wildman–Crippen MR) is 162 cm³/mol. The molecule has 0 spiro atoms. The highest BCUT2D eigenvalue weighted by Gasteiger charge is 2.12. The fourth-order valence-electron chi connectivity index (χ4n) is 4.18. The molecule has 0 aliphatic rings. The van der Waals surface area contributed by atoms with E-state index in [2.05, 4.69) is 43.2 Å². The number of pyridine rings is 1. The lowest BCUT2D eigenvalue weighted by Crippen LogP contribution is -2.16. The van der Waals surface area contributed by atoms with Gasteiger partial charge in [-0.1, -0.05) is 47.6 Å². The molecule has 41 heavy (non-hydrogen) atoms. The summed E-state index contributed by atoms with van der Waals surface area (Å²) in [6.45, 7) is 6.90. The van der Waals surface area contributed by atoms with Gasteiger partial charge in [0.15, 0.2) is 0 Å². The SMILES string of the molecule is CC(C)=CCC/C(C)=C/COc1ccc2cc(Oc3ccc(CC(=O)Nc4ccccc4C(=O)O)cn3)ccc2c1. The van der Waals surface area contributed by atoms with E-state index >= 15 is 0 Å². The van der Waals surface area contributed by atoms with E-state index in [9.17, 15) is 14.7 Å². The van der Waals surface area contributed by atoms with E-state index in [1.807, 2.05) is 36.4 Å². The second-order valence-corrected chi connectivity index (χ2v) is 10.0. The Labute approximate surface area is 240 Å². The Hall–Kier alpha value is -4.91. The molecule has 7 nitrogen and oxygen atoms in total. The van der Waals surface area contributed by atoms with Crippen molar-refractivity contribution in [3.8, 4) is 17.4 Å². The lowest BCUT2D eigenvalue weighted by molar-refractivity contribution is -0.115. The number of ether oxygens (including phenoxy) is 2. The number of hydrogen-bond acceptors (Lipinski definition) is 5. The maximum atomic E-state index is 12.5. The van der Waals surface area contributed by atoms with Crippen LogP contribution in [0.5, 0.6) is 17.4 Å². The highest BCUT2D eigenvalue weighted by molar-refractivity contribution is 6.01. The quantitative estimate of drug-likeness (QED) is 0.174. The lowest BCUT2D eigenvalue weighted by Gasteiger charge is -2.10. The van der Waals surface area contributed by atoms with Crippen LogP contribution in [-0.4, -0.2) is 28.6 Å². The van der Waals surface area contributed by atoms with Crippen molar-refractivity contribution in [3.05, 3.63) is 113 Å². The second kappa shape index (κ2) is 13.9. The predicted octanol–water partition coefficient (Wildman–Crippen LogP) is 7.98. The number of rotatable bonds is 12. The first-order chi connectivity index (χ1) is 19.8. The van der Waals surface area contributed by atoms with Crippen molar-refractivity contribution >= 4 is 28.3 Å². The van der Waals surface area contributed by atoms with Crippen LogP contribution in [0.25, 0.3) is 10.8 Å². The summed E-state index contributed by atoms with van der Waals surface area (Å²) in [5.74, 6) is 0.418. The van der Waals surface area contributed by atoms with Crippen molar-refractivity contribution in [1.29, 1.82) is 0 Å². The summed E-state index contributed by atoms with van der Waals surface area (Å²) < 4.78 is 11.9. The second-order valence-electron chi connectivity index (χ2n) is 10.0. The number of anilines is 1. The molecule has 0 radical (unpaired) electrons. The summed E-state index contributed by atoms with van der Waals surface area (Å²) in [4.78, 5) is 28.1. The van der Waals surface area contributed by atoms with Crippen molar-refractivity contribution in [2.24, 2.45) is 0 Å². The van der Waals surface area contributed by atoms with E-state index in [4.69, 9.17) is 9.47 Å². The molecule has 0 saturated heterocycles. The van der Waals surface area contributed by atoms with Crippen LogP contribution < -0.4 is 14.8 Å². The number of carboxylic acids is 1. The normalized spacial score (nSPS) is 11.1. The Bertz CT molecular complexity index is 1580. The van der Waals surface area contributed by atoms with Crippen LogP contribution >= 0.6 is 0 Å². The summed E-state index contributed by atoms with van der Waals surface area (Å²) in [5.41, 5.74) is 3.62. The lowest BCUT2D eigenvalue weighted by atomic mass is 10.1. The molecule has 210 valence electrons. The number of benzene rings is 3. The molecule has 3 aromatic carbocycles. The first kappa shape index (κ1) is 29.1. The van der Waals surface area contributed by atoms with Crippen molar-refractivity contribution in [2.75, 3.05) is 11.9 Å². The molecule has 0 unspecified atom stereocenters. The molecule has 2 N–H and O–H groups in total. The molecule has 0 aliphatic heterocycles. The van der Waals surface area contributed by atoms with E-state index in [0.717, 1.165) is 29.4 Å². The number of carbonyl (C=O) groups is 2. The minimum absolute atomic E-state index is 0.0374. The number of aromatic carboxylic acids is 1. The molecule has 0 fully saturated rings. The third-order valence-corrected chi connectivity index (χ3v) is 6.37. The maximum absolute atomic E-state index is 12.5. The van der Waals surface area contributed by atoms with Gasteiger partial charge < -0.3 is 19.9 Å². The average molecular weight is 551 g/mol. The summed E-state index contributed by atoms with van der Waals surface area (Å²) in [6.07, 6.45) is 8.08. The van der Waals surface area contributed by atoms with Gasteiger partial charge in [-0.05, 0) is 92.4 Å². The van der Waals surface area contributed by atoms with Gasteiger partial charge in [-0.25, -0.2) is 9.78 Å². The molecule has 0 atom stereocenters. The Kier molecular flexibility index (Phi) is 9.89. The summed E-state index contributed by atoms with van der Waals surface area (Å²) >= 11 is 0. The molecular formula is C34H34N2O5. The molecule has 1 aromatic heterocycles.